The molecule has 180 valence electrons. The second kappa shape index (κ2) is 7.55. The van der Waals surface area contributed by atoms with Crippen molar-refractivity contribution in [3.63, 3.8) is 0 Å². The first-order valence-corrected chi connectivity index (χ1v) is 11.6. The van der Waals surface area contributed by atoms with Crippen molar-refractivity contribution < 1.29 is 23.8 Å². The molecule has 0 unspecified atom stereocenters. The summed E-state index contributed by atoms with van der Waals surface area (Å²) in [7, 11) is 0. The largest absolute Gasteiger partial charge is 0.458 e. The number of nitrogens with zero attached hydrogens (tertiary/aromatic N) is 2. The maximum Gasteiger partial charge on any atom is 0.343 e. The summed E-state index contributed by atoms with van der Waals surface area (Å²) in [6.07, 6.45) is 1.99. The Hall–Kier alpha value is -3.40. The molecule has 3 aromatic rings. The fraction of sp³-hybridized carbons (Fsp3) is 0.346. The highest BCUT2D eigenvalue weighted by molar-refractivity contribution is 5.99. The minimum atomic E-state index is -1.91. The van der Waals surface area contributed by atoms with Crippen LogP contribution >= 0.6 is 0 Å². The van der Waals surface area contributed by atoms with Crippen molar-refractivity contribution in [1.82, 2.24) is 9.55 Å². The summed E-state index contributed by atoms with van der Waals surface area (Å²) >= 11 is 0. The fourth-order valence-electron chi connectivity index (χ4n) is 5.59. The number of rotatable bonds is 3. The van der Waals surface area contributed by atoms with Gasteiger partial charge in [0.15, 0.2) is 5.60 Å². The summed E-state index contributed by atoms with van der Waals surface area (Å²) in [5.41, 5.74) is 9.56. The molecule has 6 rings (SSSR count). The quantitative estimate of drug-likeness (QED) is 0.435. The minimum Gasteiger partial charge on any atom is -0.458 e. The van der Waals surface area contributed by atoms with Crippen molar-refractivity contribution in [3.05, 3.63) is 67.8 Å². The van der Waals surface area contributed by atoms with E-state index in [4.69, 9.17) is 20.2 Å². The van der Waals surface area contributed by atoms with Crippen LogP contribution in [0.5, 0.6) is 0 Å². The molecule has 0 saturated heterocycles. The van der Waals surface area contributed by atoms with E-state index in [1.54, 1.807) is 24.5 Å². The number of aliphatic hydroxyl groups is 1. The highest BCUT2D eigenvalue weighted by Gasteiger charge is 2.45. The van der Waals surface area contributed by atoms with E-state index in [2.05, 4.69) is 0 Å². The number of pyridine rings is 2. The molecule has 0 aliphatic carbocycles. The van der Waals surface area contributed by atoms with Crippen LogP contribution in [0.4, 0.5) is 4.39 Å². The van der Waals surface area contributed by atoms with Crippen LogP contribution in [0, 0.1) is 12.7 Å². The molecule has 1 atom stereocenters. The average Bonchev–Trinajstić information content (AvgIpc) is 3.50. The third kappa shape index (κ3) is 2.86. The number of halogens is 1. The van der Waals surface area contributed by atoms with Crippen LogP contribution < -0.4 is 11.3 Å². The Bertz CT molecular complexity index is 1560. The SMILES string of the molecule is CC[C@@]1(O)C(=O)OCc2c1cc1n(c2=O)Cc2c-1nc1cc(F)c(C)c(C3=CCOC3)c1c2CN. The van der Waals surface area contributed by atoms with Crippen LogP contribution in [0.15, 0.2) is 23.0 Å². The molecular weight excluding hydrogens is 453 g/mol. The van der Waals surface area contributed by atoms with Gasteiger partial charge in [0.2, 0.25) is 0 Å². The number of carbonyl (C=O) groups is 1. The van der Waals surface area contributed by atoms with E-state index in [9.17, 15) is 14.7 Å². The van der Waals surface area contributed by atoms with Gasteiger partial charge in [0.25, 0.3) is 5.56 Å². The van der Waals surface area contributed by atoms with Gasteiger partial charge in [-0.3, -0.25) is 4.79 Å². The predicted molar refractivity (Wildman–Crippen MR) is 126 cm³/mol. The predicted octanol–water partition coefficient (Wildman–Crippen LogP) is 2.40. The van der Waals surface area contributed by atoms with Gasteiger partial charge >= 0.3 is 5.97 Å². The van der Waals surface area contributed by atoms with Crippen molar-refractivity contribution in [1.29, 1.82) is 0 Å². The Kier molecular flexibility index (Phi) is 4.76. The van der Waals surface area contributed by atoms with Gasteiger partial charge in [-0.1, -0.05) is 13.0 Å². The fourth-order valence-corrected chi connectivity index (χ4v) is 5.59. The van der Waals surface area contributed by atoms with Gasteiger partial charge in [-0.15, -0.1) is 0 Å². The van der Waals surface area contributed by atoms with Gasteiger partial charge in [0, 0.05) is 29.1 Å². The number of hydrogen-bond acceptors (Lipinski definition) is 7. The Morgan fingerprint density at radius 3 is 2.74 bits per heavy atom. The van der Waals surface area contributed by atoms with Crippen LogP contribution in [0.3, 0.4) is 0 Å². The third-order valence-corrected chi connectivity index (χ3v) is 7.52. The van der Waals surface area contributed by atoms with E-state index in [0.717, 1.165) is 27.6 Å². The number of ether oxygens (including phenoxy) is 2. The van der Waals surface area contributed by atoms with Crippen molar-refractivity contribution >= 4 is 22.4 Å². The van der Waals surface area contributed by atoms with Crippen molar-refractivity contribution in [2.45, 2.75) is 45.6 Å². The summed E-state index contributed by atoms with van der Waals surface area (Å²) in [6.45, 7) is 4.40. The molecule has 0 fully saturated rings. The van der Waals surface area contributed by atoms with Gasteiger partial charge in [0.1, 0.15) is 12.4 Å². The molecule has 3 aliphatic heterocycles. The molecule has 3 aliphatic rings. The van der Waals surface area contributed by atoms with Gasteiger partial charge < -0.3 is 24.9 Å². The molecule has 35 heavy (non-hydrogen) atoms. The number of aromatic nitrogens is 2. The zero-order valence-electron chi connectivity index (χ0n) is 19.4. The maximum atomic E-state index is 15.0. The van der Waals surface area contributed by atoms with E-state index in [1.807, 2.05) is 6.08 Å². The van der Waals surface area contributed by atoms with E-state index in [1.165, 1.54) is 6.07 Å². The van der Waals surface area contributed by atoms with Gasteiger partial charge in [-0.05, 0) is 41.7 Å². The molecule has 0 amide bonds. The van der Waals surface area contributed by atoms with Crippen LogP contribution in [-0.4, -0.2) is 33.8 Å². The van der Waals surface area contributed by atoms with Crippen LogP contribution in [-0.2, 0) is 39.6 Å². The summed E-state index contributed by atoms with van der Waals surface area (Å²) < 4.78 is 27.3. The molecule has 0 saturated carbocycles. The minimum absolute atomic E-state index is 0.0544. The van der Waals surface area contributed by atoms with Crippen LogP contribution in [0.1, 0.15) is 46.7 Å². The molecule has 5 heterocycles. The number of benzene rings is 1. The number of carbonyl (C=O) groups excluding carboxylic acids is 1. The Morgan fingerprint density at radius 1 is 1.26 bits per heavy atom. The Balaban J connectivity index is 1.68. The molecule has 3 N–H and O–H groups in total. The van der Waals surface area contributed by atoms with Crippen molar-refractivity contribution in [2.75, 3.05) is 13.2 Å². The third-order valence-electron chi connectivity index (χ3n) is 7.52. The second-order valence-corrected chi connectivity index (χ2v) is 9.22. The number of cyclic esters (lactones) is 1. The van der Waals surface area contributed by atoms with Crippen molar-refractivity contribution in [3.8, 4) is 11.4 Å². The Morgan fingerprint density at radius 2 is 2.06 bits per heavy atom. The normalized spacial score (nSPS) is 20.5. The average molecular weight is 477 g/mol. The van der Waals surface area contributed by atoms with E-state index in [0.29, 0.717) is 35.7 Å². The standard InChI is InChI=1S/C26H24FN3O5/c1-3-26(33)17-6-20-23-15(9-30(20)24(31)16(17)11-35-25(26)32)14(8-28)22-19(29-23)7-18(27)12(2)21(22)13-4-5-34-10-13/h4,6-7,33H,3,5,8-11,28H2,1-2H3/t26-/m0/s1. The summed E-state index contributed by atoms with van der Waals surface area (Å²) in [5.74, 6) is -1.17. The zero-order valence-corrected chi connectivity index (χ0v) is 19.4. The molecule has 8 nitrogen and oxygen atoms in total. The van der Waals surface area contributed by atoms with E-state index in [-0.39, 0.29) is 48.6 Å². The molecule has 2 aromatic heterocycles. The molecule has 0 spiro atoms. The molecule has 1 aromatic carbocycles. The van der Waals surface area contributed by atoms with E-state index >= 15 is 4.39 Å². The van der Waals surface area contributed by atoms with E-state index < -0.39 is 11.6 Å². The van der Waals surface area contributed by atoms with Gasteiger partial charge in [-0.2, -0.15) is 0 Å². The molecule has 9 heteroatoms. The van der Waals surface area contributed by atoms with Crippen LogP contribution in [0.25, 0.3) is 27.9 Å². The number of fused-ring (bicyclic) bond motifs is 5. The second-order valence-electron chi connectivity index (χ2n) is 9.22. The van der Waals surface area contributed by atoms with Crippen molar-refractivity contribution in [2.24, 2.45) is 5.73 Å². The lowest BCUT2D eigenvalue weighted by molar-refractivity contribution is -0.172. The highest BCUT2D eigenvalue weighted by Crippen LogP contribution is 2.42. The molecular formula is C26H24FN3O5. The number of nitrogens with two attached hydrogens (primary N) is 1. The summed E-state index contributed by atoms with van der Waals surface area (Å²) in [6, 6.07) is 3.04. The maximum absolute atomic E-state index is 15.0. The molecule has 0 bridgehead atoms. The lowest BCUT2D eigenvalue weighted by atomic mass is 9.86. The highest BCUT2D eigenvalue weighted by atomic mass is 19.1. The number of esters is 1. The molecule has 0 radical (unpaired) electrons. The first-order chi connectivity index (χ1) is 16.8. The zero-order chi connectivity index (χ0) is 24.6. The first-order valence-electron chi connectivity index (χ1n) is 11.6. The van der Waals surface area contributed by atoms with Gasteiger partial charge in [-0.25, -0.2) is 14.2 Å². The van der Waals surface area contributed by atoms with Gasteiger partial charge in [0.05, 0.1) is 42.2 Å². The lowest BCUT2D eigenvalue weighted by Crippen LogP contribution is -2.44. The monoisotopic (exact) mass is 477 g/mol. The number of hydrogen-bond donors (Lipinski definition) is 2. The van der Waals surface area contributed by atoms with Crippen LogP contribution in [0.2, 0.25) is 0 Å². The first kappa shape index (κ1) is 22.1. The Labute approximate surface area is 199 Å². The smallest absolute Gasteiger partial charge is 0.343 e. The lowest BCUT2D eigenvalue weighted by Gasteiger charge is -2.31. The summed E-state index contributed by atoms with van der Waals surface area (Å²) in [4.78, 5) is 30.7. The topological polar surface area (TPSA) is 117 Å². The summed E-state index contributed by atoms with van der Waals surface area (Å²) in [5, 5.41) is 11.8.